The number of halogens is 2. The third kappa shape index (κ3) is 3.98. The highest BCUT2D eigenvalue weighted by molar-refractivity contribution is 6.33. The largest absolute Gasteiger partial charge is 0.356 e. The van der Waals surface area contributed by atoms with Gasteiger partial charge in [0.05, 0.1) is 10.7 Å². The highest BCUT2D eigenvalue weighted by Crippen LogP contribution is 2.60. The average molecular weight is 393 g/mol. The number of carbonyl (C=O) groups is 2. The number of hydrogen-bond donors (Lipinski definition) is 2. The quantitative estimate of drug-likeness (QED) is 0.699. The minimum Gasteiger partial charge on any atom is -0.356 e. The van der Waals surface area contributed by atoms with Crippen LogP contribution in [0.2, 0.25) is 5.02 Å². The fourth-order valence-corrected chi connectivity index (χ4v) is 6.05. The highest BCUT2D eigenvalue weighted by Gasteiger charge is 2.54. The zero-order valence-corrected chi connectivity index (χ0v) is 16.2. The Balaban J connectivity index is 1.22. The van der Waals surface area contributed by atoms with E-state index in [1.807, 2.05) is 0 Å². The number of carbonyl (C=O) groups excluding carboxylic acids is 2. The van der Waals surface area contributed by atoms with Crippen LogP contribution in [0.1, 0.15) is 51.4 Å². The van der Waals surface area contributed by atoms with Crippen molar-refractivity contribution in [3.63, 3.8) is 0 Å². The van der Waals surface area contributed by atoms with Crippen molar-refractivity contribution in [3.05, 3.63) is 29.0 Å². The van der Waals surface area contributed by atoms with Crippen molar-refractivity contribution in [2.75, 3.05) is 11.9 Å². The summed E-state index contributed by atoms with van der Waals surface area (Å²) in [5.74, 6) is 1.80. The van der Waals surface area contributed by atoms with Crippen LogP contribution in [0.5, 0.6) is 0 Å². The molecule has 0 unspecified atom stereocenters. The van der Waals surface area contributed by atoms with Gasteiger partial charge in [-0.25, -0.2) is 4.39 Å². The van der Waals surface area contributed by atoms with Crippen molar-refractivity contribution in [1.82, 2.24) is 5.32 Å². The van der Waals surface area contributed by atoms with Gasteiger partial charge >= 0.3 is 0 Å². The minimum atomic E-state index is -0.439. The van der Waals surface area contributed by atoms with Crippen LogP contribution in [0.25, 0.3) is 0 Å². The standard InChI is InChI=1S/C21H26ClFN2O2/c22-17-9-16(23)3-4-18(17)25-19(26)2-1-5-24-20(27)21-10-13-6-14(11-21)8-15(7-13)12-21/h3-4,9,13-15H,1-2,5-8,10-12H2,(H,24,27)(H,25,26). The summed E-state index contributed by atoms with van der Waals surface area (Å²) >= 11 is 5.91. The molecular formula is C21H26ClFN2O2. The smallest absolute Gasteiger partial charge is 0.226 e. The molecule has 5 rings (SSSR count). The zero-order chi connectivity index (χ0) is 19.0. The van der Waals surface area contributed by atoms with Crippen molar-refractivity contribution in [3.8, 4) is 0 Å². The summed E-state index contributed by atoms with van der Waals surface area (Å²) in [7, 11) is 0. The fraction of sp³-hybridized carbons (Fsp3) is 0.619. The van der Waals surface area contributed by atoms with E-state index in [4.69, 9.17) is 11.6 Å². The van der Waals surface area contributed by atoms with Gasteiger partial charge in [-0.05, 0) is 80.9 Å². The van der Waals surface area contributed by atoms with Crippen molar-refractivity contribution in [2.45, 2.75) is 51.4 Å². The van der Waals surface area contributed by atoms with E-state index < -0.39 is 5.82 Å². The number of benzene rings is 1. The second-order valence-electron chi connectivity index (χ2n) is 8.73. The first-order chi connectivity index (χ1) is 12.9. The van der Waals surface area contributed by atoms with Gasteiger partial charge in [0.25, 0.3) is 0 Å². The van der Waals surface area contributed by atoms with E-state index in [0.29, 0.717) is 18.7 Å². The third-order valence-corrected chi connectivity index (χ3v) is 6.90. The Morgan fingerprint density at radius 2 is 1.74 bits per heavy atom. The summed E-state index contributed by atoms with van der Waals surface area (Å²) in [6.07, 6.45) is 7.96. The zero-order valence-electron chi connectivity index (χ0n) is 15.4. The molecule has 4 nitrogen and oxygen atoms in total. The van der Waals surface area contributed by atoms with Crippen LogP contribution < -0.4 is 10.6 Å². The van der Waals surface area contributed by atoms with Gasteiger partial charge in [-0.3, -0.25) is 9.59 Å². The molecule has 0 saturated heterocycles. The second kappa shape index (κ2) is 7.42. The first-order valence-electron chi connectivity index (χ1n) is 9.97. The Bertz CT molecular complexity index is 716. The number of anilines is 1. The molecule has 6 heteroatoms. The van der Waals surface area contributed by atoms with Gasteiger partial charge in [-0.1, -0.05) is 11.6 Å². The van der Waals surface area contributed by atoms with Crippen molar-refractivity contribution < 1.29 is 14.0 Å². The molecule has 27 heavy (non-hydrogen) atoms. The maximum absolute atomic E-state index is 13.0. The molecular weight excluding hydrogens is 367 g/mol. The molecule has 146 valence electrons. The lowest BCUT2D eigenvalue weighted by molar-refractivity contribution is -0.146. The average Bonchev–Trinajstić information content (AvgIpc) is 2.60. The second-order valence-corrected chi connectivity index (χ2v) is 9.14. The molecule has 4 aliphatic carbocycles. The Kier molecular flexibility index (Phi) is 5.15. The molecule has 4 aliphatic rings. The van der Waals surface area contributed by atoms with E-state index in [-0.39, 0.29) is 28.7 Å². The number of nitrogens with one attached hydrogen (secondary N) is 2. The first-order valence-corrected chi connectivity index (χ1v) is 10.3. The van der Waals surface area contributed by atoms with Crippen molar-refractivity contribution in [1.29, 1.82) is 0 Å². The molecule has 2 N–H and O–H groups in total. The molecule has 2 amide bonds. The molecule has 0 spiro atoms. The Hall–Kier alpha value is -1.62. The summed E-state index contributed by atoms with van der Waals surface area (Å²) < 4.78 is 13.0. The summed E-state index contributed by atoms with van der Waals surface area (Å²) in [5.41, 5.74) is 0.263. The molecule has 0 aromatic heterocycles. The van der Waals surface area contributed by atoms with Crippen molar-refractivity contribution in [2.24, 2.45) is 23.2 Å². The Labute approximate surface area is 164 Å². The lowest BCUT2D eigenvalue weighted by Crippen LogP contribution is -2.53. The van der Waals surface area contributed by atoms with Crippen LogP contribution in [0.3, 0.4) is 0 Å². The molecule has 4 fully saturated rings. The van der Waals surface area contributed by atoms with E-state index in [1.165, 1.54) is 37.5 Å². The Morgan fingerprint density at radius 1 is 1.11 bits per heavy atom. The highest BCUT2D eigenvalue weighted by atomic mass is 35.5. The first kappa shape index (κ1) is 18.7. The van der Waals surface area contributed by atoms with Gasteiger partial charge in [0.1, 0.15) is 5.82 Å². The molecule has 0 heterocycles. The van der Waals surface area contributed by atoms with Gasteiger partial charge in [0.2, 0.25) is 11.8 Å². The van der Waals surface area contributed by atoms with Gasteiger partial charge in [0, 0.05) is 18.4 Å². The van der Waals surface area contributed by atoms with Crippen molar-refractivity contribution >= 4 is 29.1 Å². The van der Waals surface area contributed by atoms with Crippen LogP contribution in [-0.4, -0.2) is 18.4 Å². The molecule has 0 atom stereocenters. The summed E-state index contributed by atoms with van der Waals surface area (Å²) in [5, 5.41) is 5.95. The van der Waals surface area contributed by atoms with Gasteiger partial charge in [-0.15, -0.1) is 0 Å². The Morgan fingerprint density at radius 3 is 2.33 bits per heavy atom. The van der Waals surface area contributed by atoms with Crippen LogP contribution in [0.15, 0.2) is 18.2 Å². The normalized spacial score (nSPS) is 31.0. The molecule has 0 aliphatic heterocycles. The summed E-state index contributed by atoms with van der Waals surface area (Å²) in [4.78, 5) is 24.9. The summed E-state index contributed by atoms with van der Waals surface area (Å²) in [6, 6.07) is 3.88. The number of rotatable bonds is 6. The topological polar surface area (TPSA) is 58.2 Å². The van der Waals surface area contributed by atoms with Gasteiger partial charge in [-0.2, -0.15) is 0 Å². The van der Waals surface area contributed by atoms with E-state index in [0.717, 1.165) is 37.0 Å². The minimum absolute atomic E-state index is 0.140. The third-order valence-electron chi connectivity index (χ3n) is 6.59. The molecule has 1 aromatic rings. The number of amides is 2. The van der Waals surface area contributed by atoms with Crippen LogP contribution in [-0.2, 0) is 9.59 Å². The predicted octanol–water partition coefficient (Wildman–Crippen LogP) is 4.53. The maximum atomic E-state index is 13.0. The van der Waals surface area contributed by atoms with E-state index in [2.05, 4.69) is 10.6 Å². The molecule has 0 radical (unpaired) electrons. The van der Waals surface area contributed by atoms with E-state index >= 15 is 0 Å². The molecule has 1 aromatic carbocycles. The van der Waals surface area contributed by atoms with Gasteiger partial charge in [0.15, 0.2) is 0 Å². The lowest BCUT2D eigenvalue weighted by atomic mass is 9.49. The van der Waals surface area contributed by atoms with Crippen LogP contribution >= 0.6 is 11.6 Å². The van der Waals surface area contributed by atoms with Gasteiger partial charge < -0.3 is 10.6 Å². The SMILES string of the molecule is O=C(CCCNC(=O)C12CC3CC(CC(C3)C1)C2)Nc1ccc(F)cc1Cl. The monoisotopic (exact) mass is 392 g/mol. The summed E-state index contributed by atoms with van der Waals surface area (Å²) in [6.45, 7) is 0.505. The maximum Gasteiger partial charge on any atom is 0.226 e. The lowest BCUT2D eigenvalue weighted by Gasteiger charge is -2.55. The molecule has 4 bridgehead atoms. The fourth-order valence-electron chi connectivity index (χ4n) is 5.83. The number of hydrogen-bond acceptors (Lipinski definition) is 2. The van der Waals surface area contributed by atoms with Crippen LogP contribution in [0.4, 0.5) is 10.1 Å². The predicted molar refractivity (Wildman–Crippen MR) is 103 cm³/mol. The van der Waals surface area contributed by atoms with Crippen LogP contribution in [0, 0.1) is 29.0 Å². The molecule has 4 saturated carbocycles. The van der Waals surface area contributed by atoms with E-state index in [1.54, 1.807) is 0 Å². The van der Waals surface area contributed by atoms with E-state index in [9.17, 15) is 14.0 Å².